The lowest BCUT2D eigenvalue weighted by Crippen LogP contribution is -2.11. The Balaban J connectivity index is 2.60. The van der Waals surface area contributed by atoms with E-state index in [1.807, 2.05) is 42.7 Å². The molecule has 21 heavy (non-hydrogen) atoms. The average molecular weight is 371 g/mol. The summed E-state index contributed by atoms with van der Waals surface area (Å²) in [6.45, 7) is 5.58. The number of aryl methyl sites for hydroxylation is 1. The number of benzene rings is 1. The zero-order valence-corrected chi connectivity index (χ0v) is 14.7. The maximum atomic E-state index is 12.2. The monoisotopic (exact) mass is 369 g/mol. The quantitative estimate of drug-likeness (QED) is 0.578. The number of hydrogen-bond acceptors (Lipinski definition) is 2. The Morgan fingerprint density at radius 3 is 2.52 bits per heavy atom. The molecule has 1 aromatic carbocycles. The van der Waals surface area contributed by atoms with Gasteiger partial charge in [-0.1, -0.05) is 15.9 Å². The molecule has 3 nitrogen and oxygen atoms in total. The fraction of sp³-hybridized carbons (Fsp3) is 0.312. The predicted molar refractivity (Wildman–Crippen MR) is 89.1 cm³/mol. The molecule has 2 rings (SSSR count). The van der Waals surface area contributed by atoms with Crippen LogP contribution in [0, 0.1) is 13.8 Å². The van der Waals surface area contributed by atoms with E-state index in [-0.39, 0.29) is 5.78 Å². The van der Waals surface area contributed by atoms with Crippen LogP contribution < -0.4 is 4.74 Å². The second kappa shape index (κ2) is 6.24. The minimum Gasteiger partial charge on any atom is -0.497 e. The summed E-state index contributed by atoms with van der Waals surface area (Å²) in [5.41, 5.74) is 3.46. The van der Waals surface area contributed by atoms with Gasteiger partial charge >= 0.3 is 0 Å². The van der Waals surface area contributed by atoms with E-state index in [1.165, 1.54) is 0 Å². The summed E-state index contributed by atoms with van der Waals surface area (Å²) in [6, 6.07) is 7.69. The summed E-state index contributed by atoms with van der Waals surface area (Å²) in [4.78, 5) is 12.2. The Morgan fingerprint density at radius 2 is 1.95 bits per heavy atom. The second-order valence-electron chi connectivity index (χ2n) is 4.95. The average Bonchev–Trinajstić information content (AvgIpc) is 2.72. The Bertz CT molecular complexity index is 692. The first-order chi connectivity index (χ1) is 9.85. The second-order valence-corrected chi connectivity index (χ2v) is 6.52. The van der Waals surface area contributed by atoms with Crippen molar-refractivity contribution in [3.8, 4) is 11.4 Å². The molecule has 1 heterocycles. The first-order valence-electron chi connectivity index (χ1n) is 6.57. The zero-order valence-electron chi connectivity index (χ0n) is 12.4. The molecule has 0 saturated carbocycles. The fourth-order valence-corrected chi connectivity index (χ4v) is 3.00. The van der Waals surface area contributed by atoms with Gasteiger partial charge in [0.2, 0.25) is 0 Å². The highest BCUT2D eigenvalue weighted by Crippen LogP contribution is 2.28. The molecule has 2 aromatic rings. The van der Waals surface area contributed by atoms with E-state index in [1.54, 1.807) is 14.0 Å². The minimum absolute atomic E-state index is 0.0574. The molecule has 0 aliphatic heterocycles. The Kier molecular flexibility index (Phi) is 4.79. The van der Waals surface area contributed by atoms with E-state index in [9.17, 15) is 4.79 Å². The number of hydrogen-bond donors (Lipinski definition) is 0. The van der Waals surface area contributed by atoms with Gasteiger partial charge in [-0.25, -0.2) is 0 Å². The van der Waals surface area contributed by atoms with Crippen LogP contribution in [0.25, 0.3) is 5.69 Å². The Labute approximate surface area is 138 Å². The normalized spacial score (nSPS) is 12.3. The molecule has 0 bridgehead atoms. The molecule has 0 N–H and O–H groups in total. The first kappa shape index (κ1) is 16.1. The number of halogens is 2. The van der Waals surface area contributed by atoms with Gasteiger partial charge < -0.3 is 9.30 Å². The molecule has 5 heteroatoms. The van der Waals surface area contributed by atoms with Crippen LogP contribution in [0.5, 0.6) is 5.75 Å². The third-order valence-corrected chi connectivity index (χ3v) is 4.06. The van der Waals surface area contributed by atoms with Crippen LogP contribution in [0.15, 0.2) is 28.7 Å². The molecule has 0 saturated heterocycles. The molecule has 0 aliphatic rings. The molecule has 112 valence electrons. The van der Waals surface area contributed by atoms with Gasteiger partial charge in [-0.05, 0) is 39.0 Å². The molecular formula is C16H17BrClNO2. The number of rotatable bonds is 4. The lowest BCUT2D eigenvalue weighted by molar-refractivity contribution is 0.0991. The molecule has 1 atom stereocenters. The summed E-state index contributed by atoms with van der Waals surface area (Å²) in [5.74, 6) is 0.698. The summed E-state index contributed by atoms with van der Waals surface area (Å²) >= 11 is 9.41. The van der Waals surface area contributed by atoms with E-state index in [4.69, 9.17) is 16.3 Å². The number of aromatic nitrogens is 1. The number of carbonyl (C=O) groups excluding carboxylic acids is 1. The maximum Gasteiger partial charge on any atom is 0.182 e. The molecule has 0 amide bonds. The SMILES string of the molecule is COc1cc(Br)cc(-n2c(C)cc(C(=O)C(C)Cl)c2C)c1. The predicted octanol–water partition coefficient (Wildman–Crippen LogP) is 4.68. The van der Waals surface area contributed by atoms with Crippen molar-refractivity contribution in [2.24, 2.45) is 0 Å². The Morgan fingerprint density at radius 1 is 1.29 bits per heavy atom. The van der Waals surface area contributed by atoms with Crippen molar-refractivity contribution < 1.29 is 9.53 Å². The lowest BCUT2D eigenvalue weighted by atomic mass is 10.1. The van der Waals surface area contributed by atoms with Gasteiger partial charge in [-0.15, -0.1) is 11.6 Å². The van der Waals surface area contributed by atoms with E-state index in [2.05, 4.69) is 15.9 Å². The highest BCUT2D eigenvalue weighted by atomic mass is 79.9. The molecule has 0 spiro atoms. The van der Waals surface area contributed by atoms with Gasteiger partial charge in [0.25, 0.3) is 0 Å². The summed E-state index contributed by atoms with van der Waals surface area (Å²) in [5, 5.41) is -0.531. The van der Waals surface area contributed by atoms with E-state index >= 15 is 0 Å². The summed E-state index contributed by atoms with van der Waals surface area (Å²) < 4.78 is 8.24. The Hall–Kier alpha value is -1.26. The summed E-state index contributed by atoms with van der Waals surface area (Å²) in [6.07, 6.45) is 0. The number of carbonyl (C=O) groups is 1. The van der Waals surface area contributed by atoms with Gasteiger partial charge in [-0.2, -0.15) is 0 Å². The van der Waals surface area contributed by atoms with Crippen molar-refractivity contribution in [1.82, 2.24) is 4.57 Å². The first-order valence-corrected chi connectivity index (χ1v) is 7.80. The maximum absolute atomic E-state index is 12.2. The number of alkyl halides is 1. The highest BCUT2D eigenvalue weighted by molar-refractivity contribution is 9.10. The number of Topliss-reactive ketones (excluding diaryl/α,β-unsaturated/α-hetero) is 1. The van der Waals surface area contributed by atoms with Gasteiger partial charge in [-0.3, -0.25) is 4.79 Å². The van der Waals surface area contributed by atoms with Crippen LogP contribution in [0.3, 0.4) is 0 Å². The van der Waals surface area contributed by atoms with Gasteiger partial charge in [0.15, 0.2) is 5.78 Å². The lowest BCUT2D eigenvalue weighted by Gasteiger charge is -2.12. The van der Waals surface area contributed by atoms with Crippen molar-refractivity contribution in [3.63, 3.8) is 0 Å². The molecule has 0 fully saturated rings. The molecule has 0 radical (unpaired) electrons. The number of ketones is 1. The van der Waals surface area contributed by atoms with Gasteiger partial charge in [0.05, 0.1) is 18.2 Å². The number of ether oxygens (including phenoxy) is 1. The van der Waals surface area contributed by atoms with Crippen molar-refractivity contribution in [2.75, 3.05) is 7.11 Å². The van der Waals surface area contributed by atoms with Crippen LogP contribution in [0.1, 0.15) is 28.7 Å². The van der Waals surface area contributed by atoms with E-state index < -0.39 is 5.38 Å². The van der Waals surface area contributed by atoms with Crippen molar-refractivity contribution in [2.45, 2.75) is 26.1 Å². The largest absolute Gasteiger partial charge is 0.497 e. The molecule has 1 unspecified atom stereocenters. The van der Waals surface area contributed by atoms with Crippen LogP contribution in [0.4, 0.5) is 0 Å². The van der Waals surface area contributed by atoms with Crippen LogP contribution in [-0.4, -0.2) is 22.8 Å². The molecule has 1 aromatic heterocycles. The zero-order chi connectivity index (χ0) is 15.7. The minimum atomic E-state index is -0.531. The highest BCUT2D eigenvalue weighted by Gasteiger charge is 2.20. The fourth-order valence-electron chi connectivity index (χ4n) is 2.42. The van der Waals surface area contributed by atoms with E-state index in [0.717, 1.165) is 27.3 Å². The van der Waals surface area contributed by atoms with Crippen molar-refractivity contribution in [1.29, 1.82) is 0 Å². The van der Waals surface area contributed by atoms with Crippen LogP contribution in [-0.2, 0) is 0 Å². The van der Waals surface area contributed by atoms with E-state index in [0.29, 0.717) is 5.56 Å². The van der Waals surface area contributed by atoms with Crippen molar-refractivity contribution >= 4 is 33.3 Å². The molecular weight excluding hydrogens is 354 g/mol. The molecule has 0 aliphatic carbocycles. The van der Waals surface area contributed by atoms with Gasteiger partial charge in [0.1, 0.15) is 5.75 Å². The van der Waals surface area contributed by atoms with Crippen LogP contribution in [0.2, 0.25) is 0 Å². The smallest absolute Gasteiger partial charge is 0.182 e. The van der Waals surface area contributed by atoms with Gasteiger partial charge in [0, 0.05) is 27.5 Å². The number of methoxy groups -OCH3 is 1. The van der Waals surface area contributed by atoms with Crippen molar-refractivity contribution in [3.05, 3.63) is 45.7 Å². The third kappa shape index (κ3) is 3.16. The number of nitrogens with zero attached hydrogens (tertiary/aromatic N) is 1. The summed E-state index contributed by atoms with van der Waals surface area (Å²) in [7, 11) is 1.63. The standard InChI is InChI=1S/C16H17BrClNO2/c1-9-5-15(16(20)10(2)18)11(3)19(9)13-6-12(17)7-14(8-13)21-4/h5-8,10H,1-4H3. The van der Waals surface area contributed by atoms with Crippen LogP contribution >= 0.6 is 27.5 Å². The third-order valence-electron chi connectivity index (χ3n) is 3.41. The topological polar surface area (TPSA) is 31.2 Å².